The molecule has 0 saturated heterocycles. The number of nitrogens with one attached hydrogen (secondary N) is 1. The van der Waals surface area contributed by atoms with Gasteiger partial charge in [0, 0.05) is 0 Å². The molecule has 2 aromatic carbocycles. The molecule has 4 heteroatoms. The van der Waals surface area contributed by atoms with Crippen molar-refractivity contribution in [2.45, 2.75) is 19.9 Å². The zero-order valence-corrected chi connectivity index (χ0v) is 12.4. The highest BCUT2D eigenvalue weighted by molar-refractivity contribution is 5.37. The number of methoxy groups -OCH3 is 1. The molecule has 2 nitrogen and oxygen atoms in total. The van der Waals surface area contributed by atoms with Gasteiger partial charge in [-0.25, -0.2) is 8.78 Å². The summed E-state index contributed by atoms with van der Waals surface area (Å²) in [5.41, 5.74) is 2.10. The molecule has 0 aliphatic rings. The van der Waals surface area contributed by atoms with Crippen molar-refractivity contribution in [2.75, 3.05) is 13.7 Å². The maximum atomic E-state index is 13.9. The van der Waals surface area contributed by atoms with Crippen LogP contribution in [0.25, 0.3) is 0 Å². The van der Waals surface area contributed by atoms with E-state index in [0.29, 0.717) is 12.1 Å². The first kappa shape index (κ1) is 15.4. The highest BCUT2D eigenvalue weighted by atomic mass is 19.1. The zero-order chi connectivity index (χ0) is 15.4. The number of ether oxygens (including phenoxy) is 1. The van der Waals surface area contributed by atoms with E-state index in [9.17, 15) is 8.78 Å². The molecule has 1 unspecified atom stereocenters. The maximum Gasteiger partial charge on any atom is 0.165 e. The molecular weight excluding hydrogens is 272 g/mol. The lowest BCUT2D eigenvalue weighted by molar-refractivity contribution is 0.385. The largest absolute Gasteiger partial charge is 0.494 e. The van der Waals surface area contributed by atoms with E-state index in [1.807, 2.05) is 13.0 Å². The molecule has 0 spiro atoms. The molecule has 0 aliphatic heterocycles. The van der Waals surface area contributed by atoms with Crippen molar-refractivity contribution >= 4 is 0 Å². The van der Waals surface area contributed by atoms with E-state index < -0.39 is 5.82 Å². The third kappa shape index (κ3) is 3.39. The van der Waals surface area contributed by atoms with Gasteiger partial charge in [0.15, 0.2) is 11.6 Å². The average Bonchev–Trinajstić information content (AvgIpc) is 2.48. The summed E-state index contributed by atoms with van der Waals surface area (Å²) in [6, 6.07) is 9.61. The number of halogens is 2. The lowest BCUT2D eigenvalue weighted by Crippen LogP contribution is -2.22. The third-order valence-corrected chi connectivity index (χ3v) is 3.45. The van der Waals surface area contributed by atoms with Crippen molar-refractivity contribution in [1.82, 2.24) is 5.32 Å². The van der Waals surface area contributed by atoms with Gasteiger partial charge in [0.1, 0.15) is 5.82 Å². The predicted molar refractivity (Wildman–Crippen MR) is 79.6 cm³/mol. The summed E-state index contributed by atoms with van der Waals surface area (Å²) >= 11 is 0. The SMILES string of the molecule is CCNC(c1ccc(C)c(F)c1)c1ccc(OC)c(F)c1. The Balaban J connectivity index is 2.42. The minimum atomic E-state index is -0.425. The van der Waals surface area contributed by atoms with E-state index in [0.717, 1.165) is 11.1 Å². The quantitative estimate of drug-likeness (QED) is 0.899. The van der Waals surface area contributed by atoms with Crippen LogP contribution >= 0.6 is 0 Å². The van der Waals surface area contributed by atoms with Crippen molar-refractivity contribution in [1.29, 1.82) is 0 Å². The molecule has 0 amide bonds. The molecule has 0 fully saturated rings. The molecule has 2 rings (SSSR count). The number of rotatable bonds is 5. The standard InChI is InChI=1S/C17H19F2NO/c1-4-20-17(12-6-5-11(2)14(18)9-12)13-7-8-16(21-3)15(19)10-13/h5-10,17,20H,4H2,1-3H3. The van der Waals surface area contributed by atoms with Gasteiger partial charge in [0.2, 0.25) is 0 Å². The summed E-state index contributed by atoms with van der Waals surface area (Å²) < 4.78 is 32.6. The van der Waals surface area contributed by atoms with Crippen LogP contribution in [0.5, 0.6) is 5.75 Å². The highest BCUT2D eigenvalue weighted by Gasteiger charge is 2.16. The lowest BCUT2D eigenvalue weighted by Gasteiger charge is -2.20. The number of hydrogen-bond acceptors (Lipinski definition) is 2. The van der Waals surface area contributed by atoms with Gasteiger partial charge in [0.05, 0.1) is 13.2 Å². The van der Waals surface area contributed by atoms with Crippen molar-refractivity contribution in [3.05, 3.63) is 64.7 Å². The Bertz CT molecular complexity index is 628. The minimum absolute atomic E-state index is 0.198. The molecular formula is C17H19F2NO. The van der Waals surface area contributed by atoms with Crippen LogP contribution in [-0.4, -0.2) is 13.7 Å². The van der Waals surface area contributed by atoms with Crippen LogP contribution in [0.15, 0.2) is 36.4 Å². The third-order valence-electron chi connectivity index (χ3n) is 3.45. The van der Waals surface area contributed by atoms with Crippen molar-refractivity contribution < 1.29 is 13.5 Å². The van der Waals surface area contributed by atoms with Gasteiger partial charge in [-0.3, -0.25) is 0 Å². The van der Waals surface area contributed by atoms with E-state index in [1.165, 1.54) is 19.2 Å². The van der Waals surface area contributed by atoms with Gasteiger partial charge < -0.3 is 10.1 Å². The van der Waals surface area contributed by atoms with Crippen LogP contribution in [0.1, 0.15) is 29.7 Å². The predicted octanol–water partition coefficient (Wildman–Crippen LogP) is 3.98. The van der Waals surface area contributed by atoms with Gasteiger partial charge in [-0.15, -0.1) is 0 Å². The average molecular weight is 291 g/mol. The molecule has 0 aromatic heterocycles. The van der Waals surface area contributed by atoms with Crippen LogP contribution in [0.3, 0.4) is 0 Å². The first-order chi connectivity index (χ1) is 10.1. The highest BCUT2D eigenvalue weighted by Crippen LogP contribution is 2.27. The van der Waals surface area contributed by atoms with E-state index in [4.69, 9.17) is 4.74 Å². The summed E-state index contributed by atoms with van der Waals surface area (Å²) in [4.78, 5) is 0. The Kier molecular flexibility index (Phi) is 4.91. The Labute approximate surface area is 123 Å². The molecule has 112 valence electrons. The molecule has 0 bridgehead atoms. The van der Waals surface area contributed by atoms with Crippen molar-refractivity contribution in [3.8, 4) is 5.75 Å². The molecule has 1 N–H and O–H groups in total. The van der Waals surface area contributed by atoms with Crippen LogP contribution in [-0.2, 0) is 0 Å². The molecule has 21 heavy (non-hydrogen) atoms. The number of benzene rings is 2. The van der Waals surface area contributed by atoms with Crippen LogP contribution in [0.2, 0.25) is 0 Å². The second kappa shape index (κ2) is 6.68. The van der Waals surface area contributed by atoms with Crippen LogP contribution in [0.4, 0.5) is 8.78 Å². The monoisotopic (exact) mass is 291 g/mol. The Morgan fingerprint density at radius 3 is 2.19 bits per heavy atom. The normalized spacial score (nSPS) is 12.2. The van der Waals surface area contributed by atoms with Gasteiger partial charge in [-0.05, 0) is 48.4 Å². The van der Waals surface area contributed by atoms with E-state index in [-0.39, 0.29) is 17.6 Å². The van der Waals surface area contributed by atoms with Gasteiger partial charge >= 0.3 is 0 Å². The molecule has 2 aromatic rings. The molecule has 0 heterocycles. The van der Waals surface area contributed by atoms with Crippen LogP contribution in [0, 0.1) is 18.6 Å². The summed E-state index contributed by atoms with van der Waals surface area (Å²) in [5, 5.41) is 3.25. The van der Waals surface area contributed by atoms with Crippen LogP contribution < -0.4 is 10.1 Å². The van der Waals surface area contributed by atoms with E-state index >= 15 is 0 Å². The molecule has 0 radical (unpaired) electrons. The molecule has 1 atom stereocenters. The lowest BCUT2D eigenvalue weighted by atomic mass is 9.97. The second-order valence-corrected chi connectivity index (χ2v) is 4.89. The Morgan fingerprint density at radius 2 is 1.67 bits per heavy atom. The van der Waals surface area contributed by atoms with Crippen molar-refractivity contribution in [3.63, 3.8) is 0 Å². The first-order valence-corrected chi connectivity index (χ1v) is 6.89. The fourth-order valence-corrected chi connectivity index (χ4v) is 2.28. The van der Waals surface area contributed by atoms with Gasteiger partial charge in [-0.1, -0.05) is 25.1 Å². The fourth-order valence-electron chi connectivity index (χ4n) is 2.28. The summed E-state index contributed by atoms with van der Waals surface area (Å²) in [5.74, 6) is -0.487. The van der Waals surface area contributed by atoms with E-state index in [1.54, 1.807) is 25.1 Å². The zero-order valence-electron chi connectivity index (χ0n) is 12.4. The molecule has 0 aliphatic carbocycles. The summed E-state index contributed by atoms with van der Waals surface area (Å²) in [6.45, 7) is 4.36. The summed E-state index contributed by atoms with van der Waals surface area (Å²) in [6.07, 6.45) is 0. The smallest absolute Gasteiger partial charge is 0.165 e. The molecule has 0 saturated carbocycles. The number of aryl methyl sites for hydroxylation is 1. The maximum absolute atomic E-state index is 13.9. The minimum Gasteiger partial charge on any atom is -0.494 e. The van der Waals surface area contributed by atoms with Gasteiger partial charge in [0.25, 0.3) is 0 Å². The first-order valence-electron chi connectivity index (χ1n) is 6.89. The second-order valence-electron chi connectivity index (χ2n) is 4.89. The Hall–Kier alpha value is -1.94. The number of hydrogen-bond donors (Lipinski definition) is 1. The topological polar surface area (TPSA) is 21.3 Å². The van der Waals surface area contributed by atoms with Crippen molar-refractivity contribution in [2.24, 2.45) is 0 Å². The summed E-state index contributed by atoms with van der Waals surface area (Å²) in [7, 11) is 1.43. The Morgan fingerprint density at radius 1 is 1.05 bits per heavy atom. The fraction of sp³-hybridized carbons (Fsp3) is 0.294. The van der Waals surface area contributed by atoms with E-state index in [2.05, 4.69) is 5.32 Å². The van der Waals surface area contributed by atoms with Gasteiger partial charge in [-0.2, -0.15) is 0 Å².